The maximum atomic E-state index is 13.4. The highest BCUT2D eigenvalue weighted by Crippen LogP contribution is 2.47. The van der Waals surface area contributed by atoms with Crippen LogP contribution in [0.15, 0.2) is 24.3 Å². The normalized spacial score (nSPS) is 12.4. The minimum atomic E-state index is -0.360. The number of aromatic nitrogens is 2. The number of aromatic hydroxyl groups is 2. The Morgan fingerprint density at radius 2 is 1.77 bits per heavy atom. The van der Waals surface area contributed by atoms with Crippen molar-refractivity contribution in [1.29, 1.82) is 0 Å². The van der Waals surface area contributed by atoms with E-state index >= 15 is 0 Å². The molecule has 0 radical (unpaired) electrons. The summed E-state index contributed by atoms with van der Waals surface area (Å²) in [6.45, 7) is 2.78. The molecule has 1 aromatic heterocycles. The molecule has 0 aliphatic heterocycles. The van der Waals surface area contributed by atoms with Gasteiger partial charge in [-0.1, -0.05) is 0 Å². The van der Waals surface area contributed by atoms with E-state index in [1.165, 1.54) is 12.1 Å². The van der Waals surface area contributed by atoms with Crippen LogP contribution in [0.1, 0.15) is 22.3 Å². The zero-order valence-corrected chi connectivity index (χ0v) is 16.5. The Morgan fingerprint density at radius 3 is 2.50 bits per heavy atom. The molecule has 1 aliphatic rings. The van der Waals surface area contributed by atoms with Gasteiger partial charge in [0.15, 0.2) is 5.78 Å². The van der Waals surface area contributed by atoms with Gasteiger partial charge in [0, 0.05) is 37.3 Å². The minimum Gasteiger partial charge on any atom is -0.507 e. The second-order valence-corrected chi connectivity index (χ2v) is 7.18. The van der Waals surface area contributed by atoms with Crippen LogP contribution < -0.4 is 16.4 Å². The Hall–Kier alpha value is -3.14. The maximum absolute atomic E-state index is 13.4. The first-order chi connectivity index (χ1) is 14.6. The number of nitrogens with one attached hydrogen (secondary N) is 2. The summed E-state index contributed by atoms with van der Waals surface area (Å²) in [5, 5.41) is 41.4. The highest BCUT2D eigenvalue weighted by Gasteiger charge is 2.35. The Bertz CT molecular complexity index is 1110. The Labute approximate surface area is 173 Å². The lowest BCUT2D eigenvalue weighted by Crippen LogP contribution is -2.25. The number of carbonyl (C=O) groups is 1. The van der Waals surface area contributed by atoms with Crippen molar-refractivity contribution in [2.24, 2.45) is 5.73 Å². The molecule has 0 amide bonds. The molecule has 0 fully saturated rings. The topological polar surface area (TPSA) is 146 Å². The highest BCUT2D eigenvalue weighted by atomic mass is 16.3. The summed E-state index contributed by atoms with van der Waals surface area (Å²) in [5.74, 6) is -0.651. The van der Waals surface area contributed by atoms with E-state index in [9.17, 15) is 15.0 Å². The van der Waals surface area contributed by atoms with Gasteiger partial charge in [0.25, 0.3) is 0 Å². The minimum absolute atomic E-state index is 0.0560. The van der Waals surface area contributed by atoms with Crippen molar-refractivity contribution in [2.45, 2.75) is 13.0 Å². The van der Waals surface area contributed by atoms with Crippen LogP contribution in [0.5, 0.6) is 11.5 Å². The zero-order valence-electron chi connectivity index (χ0n) is 16.5. The first-order valence-electron chi connectivity index (χ1n) is 9.97. The molecule has 0 saturated carbocycles. The lowest BCUT2D eigenvalue weighted by Gasteiger charge is -2.20. The number of phenols is 2. The summed E-state index contributed by atoms with van der Waals surface area (Å²) in [4.78, 5) is 13.4. The molecular formula is C21H25N5O4. The van der Waals surface area contributed by atoms with Gasteiger partial charge in [-0.2, -0.15) is 5.10 Å². The quantitative estimate of drug-likeness (QED) is 0.177. The third-order valence-electron chi connectivity index (χ3n) is 5.25. The summed E-state index contributed by atoms with van der Waals surface area (Å²) < 4.78 is 1.79. The van der Waals surface area contributed by atoms with Crippen molar-refractivity contribution in [3.63, 3.8) is 0 Å². The van der Waals surface area contributed by atoms with E-state index in [4.69, 9.17) is 10.8 Å². The summed E-state index contributed by atoms with van der Waals surface area (Å²) in [6, 6.07) is 6.41. The molecule has 158 valence electrons. The molecule has 7 N–H and O–H groups in total. The first kappa shape index (κ1) is 20.1. The van der Waals surface area contributed by atoms with Crippen LogP contribution in [0.25, 0.3) is 22.2 Å². The van der Waals surface area contributed by atoms with Gasteiger partial charge in [-0.15, -0.1) is 0 Å². The average molecular weight is 411 g/mol. The van der Waals surface area contributed by atoms with E-state index in [2.05, 4.69) is 15.7 Å². The molecule has 0 bridgehead atoms. The predicted octanol–water partition coefficient (Wildman–Crippen LogP) is 1.00. The van der Waals surface area contributed by atoms with Crippen LogP contribution in [0.2, 0.25) is 0 Å². The molecule has 4 rings (SSSR count). The summed E-state index contributed by atoms with van der Waals surface area (Å²) in [6.07, 6.45) is 0.717. The van der Waals surface area contributed by atoms with Crippen LogP contribution in [0, 0.1) is 0 Å². The monoisotopic (exact) mass is 411 g/mol. The van der Waals surface area contributed by atoms with E-state index in [1.54, 1.807) is 4.68 Å². The third kappa shape index (κ3) is 3.26. The molecule has 0 spiro atoms. The second-order valence-electron chi connectivity index (χ2n) is 7.18. The number of ketones is 1. The zero-order chi connectivity index (χ0) is 21.3. The molecule has 0 atom stereocenters. The van der Waals surface area contributed by atoms with E-state index in [0.29, 0.717) is 55.1 Å². The number of fused-ring (bicyclic) bond motifs is 2. The lowest BCUT2D eigenvalue weighted by molar-refractivity contribution is 0.103. The number of hydrogen-bond acceptors (Lipinski definition) is 8. The van der Waals surface area contributed by atoms with Gasteiger partial charge in [-0.3, -0.25) is 9.48 Å². The SMILES string of the molecule is NCCCn1nc2c3c(c(NCCNCCO)ccc31)C(=O)c1c(O)ccc(O)c1-2. The van der Waals surface area contributed by atoms with Gasteiger partial charge in [-0.25, -0.2) is 0 Å². The van der Waals surface area contributed by atoms with Gasteiger partial charge in [-0.05, 0) is 37.2 Å². The number of nitrogens with zero attached hydrogens (tertiary/aromatic N) is 2. The number of aryl methyl sites for hydroxylation is 1. The molecule has 2 aromatic carbocycles. The molecular weight excluding hydrogens is 386 g/mol. The van der Waals surface area contributed by atoms with E-state index in [-0.39, 0.29) is 35.0 Å². The number of aliphatic hydroxyl groups excluding tert-OH is 1. The first-order valence-corrected chi connectivity index (χ1v) is 9.97. The van der Waals surface area contributed by atoms with Gasteiger partial charge in [0.05, 0.1) is 28.8 Å². The van der Waals surface area contributed by atoms with Gasteiger partial charge >= 0.3 is 0 Å². The summed E-state index contributed by atoms with van der Waals surface area (Å²) in [5.41, 5.74) is 8.28. The number of nitrogens with two attached hydrogens (primary N) is 1. The van der Waals surface area contributed by atoms with Crippen molar-refractivity contribution in [2.75, 3.05) is 38.1 Å². The van der Waals surface area contributed by atoms with Gasteiger partial charge in [0.1, 0.15) is 17.2 Å². The predicted molar refractivity (Wildman–Crippen MR) is 114 cm³/mol. The van der Waals surface area contributed by atoms with Crippen molar-refractivity contribution in [1.82, 2.24) is 15.1 Å². The number of anilines is 1. The summed E-state index contributed by atoms with van der Waals surface area (Å²) >= 11 is 0. The van der Waals surface area contributed by atoms with E-state index in [1.807, 2.05) is 12.1 Å². The van der Waals surface area contributed by atoms with Crippen LogP contribution in [0.3, 0.4) is 0 Å². The third-order valence-corrected chi connectivity index (χ3v) is 5.25. The molecule has 30 heavy (non-hydrogen) atoms. The second kappa shape index (κ2) is 8.31. The van der Waals surface area contributed by atoms with E-state index < -0.39 is 0 Å². The fraction of sp³-hybridized carbons (Fsp3) is 0.333. The van der Waals surface area contributed by atoms with Gasteiger partial charge in [0.2, 0.25) is 0 Å². The number of hydrogen-bond donors (Lipinski definition) is 6. The Morgan fingerprint density at radius 1 is 1.00 bits per heavy atom. The van der Waals surface area contributed by atoms with Crippen LogP contribution in [0.4, 0.5) is 5.69 Å². The Kier molecular flexibility index (Phi) is 5.58. The van der Waals surface area contributed by atoms with Gasteiger partial charge < -0.3 is 31.7 Å². The molecule has 0 unspecified atom stereocenters. The molecule has 3 aromatic rings. The number of carbonyl (C=O) groups excluding carboxylic acids is 1. The molecule has 0 saturated heterocycles. The molecule has 9 nitrogen and oxygen atoms in total. The van der Waals surface area contributed by atoms with Crippen LogP contribution in [-0.2, 0) is 6.54 Å². The molecule has 1 aliphatic carbocycles. The van der Waals surface area contributed by atoms with Crippen molar-refractivity contribution in [3.8, 4) is 22.8 Å². The fourth-order valence-electron chi connectivity index (χ4n) is 3.91. The number of benzene rings is 2. The fourth-order valence-corrected chi connectivity index (χ4v) is 3.91. The number of phenolic OH excluding ortho intramolecular Hbond substituents is 2. The number of rotatable bonds is 9. The maximum Gasteiger partial charge on any atom is 0.200 e. The number of aliphatic hydroxyl groups is 1. The van der Waals surface area contributed by atoms with Crippen molar-refractivity contribution >= 4 is 22.4 Å². The molecule has 1 heterocycles. The largest absolute Gasteiger partial charge is 0.507 e. The lowest BCUT2D eigenvalue weighted by atomic mass is 9.85. The standard InChI is InChI=1S/C21H25N5O4/c22-6-1-10-26-13-3-2-12(24-8-7-23-9-11-27)16-17(13)20(25-26)18-14(28)4-5-15(29)19(18)21(16)30/h2-5,23-24,27-29H,1,6-11,22H2. The van der Waals surface area contributed by atoms with Crippen LogP contribution >= 0.6 is 0 Å². The smallest absolute Gasteiger partial charge is 0.200 e. The van der Waals surface area contributed by atoms with Crippen LogP contribution in [-0.4, -0.2) is 63.7 Å². The molecule has 9 heteroatoms. The summed E-state index contributed by atoms with van der Waals surface area (Å²) in [7, 11) is 0. The van der Waals surface area contributed by atoms with Crippen molar-refractivity contribution < 1.29 is 20.1 Å². The highest BCUT2D eigenvalue weighted by molar-refractivity contribution is 6.29. The van der Waals surface area contributed by atoms with Crippen molar-refractivity contribution in [3.05, 3.63) is 35.4 Å². The average Bonchev–Trinajstić information content (AvgIpc) is 3.11. The van der Waals surface area contributed by atoms with E-state index in [0.717, 1.165) is 11.9 Å². The Balaban J connectivity index is 1.86.